The zero-order valence-electron chi connectivity index (χ0n) is 13.2. The summed E-state index contributed by atoms with van der Waals surface area (Å²) in [7, 11) is 0. The first-order chi connectivity index (χ1) is 9.99. The Morgan fingerprint density at radius 3 is 2.32 bits per heavy atom. The fourth-order valence-corrected chi connectivity index (χ4v) is 1.79. The van der Waals surface area contributed by atoms with Crippen LogP contribution in [0, 0.1) is 5.92 Å². The fourth-order valence-electron chi connectivity index (χ4n) is 1.79. The number of hydrogen-bond donors (Lipinski definition) is 3. The number of carbonyl (C=O) groups is 2. The second-order valence-electron chi connectivity index (χ2n) is 5.53. The molecule has 22 heavy (non-hydrogen) atoms. The van der Waals surface area contributed by atoms with Crippen molar-refractivity contribution in [1.82, 2.24) is 10.6 Å². The molecule has 1 atom stereocenters. The van der Waals surface area contributed by atoms with Gasteiger partial charge in [-0.15, -0.1) is 12.4 Å². The molecule has 2 amide bonds. The van der Waals surface area contributed by atoms with E-state index in [9.17, 15) is 9.59 Å². The maximum atomic E-state index is 11.6. The predicted molar refractivity (Wildman–Crippen MR) is 90.7 cm³/mol. The summed E-state index contributed by atoms with van der Waals surface area (Å²) in [5.41, 5.74) is 6.95. The number of carbonyl (C=O) groups excluding carboxylic acids is 2. The molecule has 1 aromatic carbocycles. The van der Waals surface area contributed by atoms with E-state index in [0.717, 1.165) is 12.0 Å². The highest BCUT2D eigenvalue weighted by Crippen LogP contribution is 2.07. The van der Waals surface area contributed by atoms with Crippen LogP contribution in [-0.4, -0.2) is 24.9 Å². The lowest BCUT2D eigenvalue weighted by Crippen LogP contribution is -2.39. The Kier molecular flexibility index (Phi) is 10.2. The van der Waals surface area contributed by atoms with Gasteiger partial charge in [0, 0.05) is 19.0 Å². The van der Waals surface area contributed by atoms with Crippen LogP contribution in [0.3, 0.4) is 0 Å². The third kappa shape index (κ3) is 8.64. The molecule has 1 aromatic rings. The second-order valence-corrected chi connectivity index (χ2v) is 5.53. The molecule has 0 saturated heterocycles. The van der Waals surface area contributed by atoms with Crippen LogP contribution >= 0.6 is 12.4 Å². The minimum Gasteiger partial charge on any atom is -0.353 e. The van der Waals surface area contributed by atoms with Crippen molar-refractivity contribution >= 4 is 24.2 Å². The standard InChI is InChI=1S/C16H25N3O2.ClH/c1-12(2)8-9-15(20)19-11-16(21)18-10-14(17)13-6-4-3-5-7-13;/h3-7,12,14H,8-11,17H2,1-2H3,(H,18,21)(H,19,20);1H. The predicted octanol–water partition coefficient (Wildman–Crippen LogP) is 1.78. The third-order valence-corrected chi connectivity index (χ3v) is 3.14. The van der Waals surface area contributed by atoms with E-state index in [-0.39, 0.29) is 36.8 Å². The van der Waals surface area contributed by atoms with Crippen molar-refractivity contribution in [3.63, 3.8) is 0 Å². The van der Waals surface area contributed by atoms with Crippen LogP contribution in [0.5, 0.6) is 0 Å². The maximum absolute atomic E-state index is 11.6. The second kappa shape index (κ2) is 11.0. The van der Waals surface area contributed by atoms with Crippen molar-refractivity contribution in [3.8, 4) is 0 Å². The number of amides is 2. The Morgan fingerprint density at radius 2 is 1.73 bits per heavy atom. The van der Waals surface area contributed by atoms with E-state index in [2.05, 4.69) is 24.5 Å². The van der Waals surface area contributed by atoms with Crippen LogP contribution in [0.4, 0.5) is 0 Å². The number of nitrogens with two attached hydrogens (primary N) is 1. The molecule has 0 fully saturated rings. The molecule has 6 heteroatoms. The molecule has 0 radical (unpaired) electrons. The van der Waals surface area contributed by atoms with E-state index < -0.39 is 0 Å². The number of halogens is 1. The Hall–Kier alpha value is -1.59. The molecule has 0 aliphatic carbocycles. The van der Waals surface area contributed by atoms with Gasteiger partial charge in [-0.25, -0.2) is 0 Å². The summed E-state index contributed by atoms with van der Waals surface area (Å²) in [6, 6.07) is 9.33. The number of rotatable bonds is 8. The Labute approximate surface area is 138 Å². The zero-order chi connectivity index (χ0) is 15.7. The summed E-state index contributed by atoms with van der Waals surface area (Å²) in [6.07, 6.45) is 1.28. The van der Waals surface area contributed by atoms with Gasteiger partial charge in [-0.1, -0.05) is 44.2 Å². The van der Waals surface area contributed by atoms with Gasteiger partial charge in [0.15, 0.2) is 0 Å². The summed E-state index contributed by atoms with van der Waals surface area (Å²) in [5, 5.41) is 5.33. The smallest absolute Gasteiger partial charge is 0.239 e. The van der Waals surface area contributed by atoms with E-state index in [1.807, 2.05) is 30.3 Å². The van der Waals surface area contributed by atoms with Crippen molar-refractivity contribution in [2.45, 2.75) is 32.7 Å². The van der Waals surface area contributed by atoms with Gasteiger partial charge in [0.05, 0.1) is 6.54 Å². The number of hydrogen-bond acceptors (Lipinski definition) is 3. The van der Waals surface area contributed by atoms with Crippen LogP contribution in [0.15, 0.2) is 30.3 Å². The average molecular weight is 328 g/mol. The van der Waals surface area contributed by atoms with Crippen molar-refractivity contribution in [1.29, 1.82) is 0 Å². The van der Waals surface area contributed by atoms with Gasteiger partial charge in [-0.2, -0.15) is 0 Å². The molecular formula is C16H26ClN3O2. The first-order valence-corrected chi connectivity index (χ1v) is 7.33. The van der Waals surface area contributed by atoms with Crippen LogP contribution in [0.25, 0.3) is 0 Å². The first kappa shape index (κ1) is 20.4. The van der Waals surface area contributed by atoms with Crippen molar-refractivity contribution in [2.75, 3.05) is 13.1 Å². The van der Waals surface area contributed by atoms with Crippen molar-refractivity contribution in [3.05, 3.63) is 35.9 Å². The molecule has 0 saturated carbocycles. The van der Waals surface area contributed by atoms with Crippen LogP contribution < -0.4 is 16.4 Å². The molecule has 124 valence electrons. The molecule has 5 nitrogen and oxygen atoms in total. The molecular weight excluding hydrogens is 302 g/mol. The monoisotopic (exact) mass is 327 g/mol. The van der Waals surface area contributed by atoms with Crippen LogP contribution in [0.1, 0.15) is 38.3 Å². The normalized spacial score (nSPS) is 11.5. The van der Waals surface area contributed by atoms with Gasteiger partial charge in [0.25, 0.3) is 0 Å². The average Bonchev–Trinajstić information content (AvgIpc) is 2.49. The largest absolute Gasteiger partial charge is 0.353 e. The van der Waals surface area contributed by atoms with E-state index >= 15 is 0 Å². The SMILES string of the molecule is CC(C)CCC(=O)NCC(=O)NCC(N)c1ccccc1.Cl. The first-order valence-electron chi connectivity index (χ1n) is 7.33. The van der Waals surface area contributed by atoms with Crippen molar-refractivity contribution < 1.29 is 9.59 Å². The molecule has 0 spiro atoms. The highest BCUT2D eigenvalue weighted by molar-refractivity contribution is 5.85. The third-order valence-electron chi connectivity index (χ3n) is 3.14. The summed E-state index contributed by atoms with van der Waals surface area (Å²) < 4.78 is 0. The fraction of sp³-hybridized carbons (Fsp3) is 0.500. The van der Waals surface area contributed by atoms with Gasteiger partial charge in [0.2, 0.25) is 11.8 Å². The summed E-state index contributed by atoms with van der Waals surface area (Å²) in [6.45, 7) is 4.47. The minimum absolute atomic E-state index is 0. The molecule has 0 heterocycles. The summed E-state index contributed by atoms with van der Waals surface area (Å²) >= 11 is 0. The molecule has 0 aliphatic heterocycles. The molecule has 1 rings (SSSR count). The summed E-state index contributed by atoms with van der Waals surface area (Å²) in [5.74, 6) is 0.166. The Morgan fingerprint density at radius 1 is 1.09 bits per heavy atom. The highest BCUT2D eigenvalue weighted by Gasteiger charge is 2.09. The lowest BCUT2D eigenvalue weighted by molar-refractivity contribution is -0.126. The number of benzene rings is 1. The lowest BCUT2D eigenvalue weighted by atomic mass is 10.1. The topological polar surface area (TPSA) is 84.2 Å². The minimum atomic E-state index is -0.244. The van der Waals surface area contributed by atoms with Crippen LogP contribution in [0.2, 0.25) is 0 Å². The molecule has 4 N–H and O–H groups in total. The molecule has 0 bridgehead atoms. The lowest BCUT2D eigenvalue weighted by Gasteiger charge is -2.13. The molecule has 0 aromatic heterocycles. The van der Waals surface area contributed by atoms with E-state index in [1.54, 1.807) is 0 Å². The zero-order valence-corrected chi connectivity index (χ0v) is 14.0. The van der Waals surface area contributed by atoms with E-state index in [4.69, 9.17) is 5.73 Å². The van der Waals surface area contributed by atoms with Gasteiger partial charge in [-0.05, 0) is 17.9 Å². The Balaban J connectivity index is 0.00000441. The molecule has 0 aliphatic rings. The van der Waals surface area contributed by atoms with Crippen molar-refractivity contribution in [2.24, 2.45) is 11.7 Å². The maximum Gasteiger partial charge on any atom is 0.239 e. The summed E-state index contributed by atoms with van der Waals surface area (Å²) in [4.78, 5) is 23.1. The van der Waals surface area contributed by atoms with E-state index in [1.165, 1.54) is 0 Å². The van der Waals surface area contributed by atoms with E-state index in [0.29, 0.717) is 18.9 Å². The molecule has 1 unspecified atom stereocenters. The quantitative estimate of drug-likeness (QED) is 0.680. The Bertz CT molecular complexity index is 452. The van der Waals surface area contributed by atoms with Crippen LogP contribution in [-0.2, 0) is 9.59 Å². The number of nitrogens with one attached hydrogen (secondary N) is 2. The highest BCUT2D eigenvalue weighted by atomic mass is 35.5. The van der Waals surface area contributed by atoms with Gasteiger partial charge < -0.3 is 16.4 Å². The van der Waals surface area contributed by atoms with Gasteiger partial charge in [-0.3, -0.25) is 9.59 Å². The van der Waals surface area contributed by atoms with Gasteiger partial charge in [0.1, 0.15) is 0 Å². The van der Waals surface area contributed by atoms with Gasteiger partial charge >= 0.3 is 0 Å².